The molecule has 0 saturated heterocycles. The summed E-state index contributed by atoms with van der Waals surface area (Å²) in [5.41, 5.74) is 11.3. The lowest BCUT2D eigenvalue weighted by Gasteiger charge is -2.37. The molecule has 0 saturated carbocycles. The van der Waals surface area contributed by atoms with Crippen molar-refractivity contribution in [3.8, 4) is 5.69 Å². The number of hydrogen-bond donors (Lipinski definition) is 4. The average molecular weight is 688 g/mol. The van der Waals surface area contributed by atoms with Crippen LogP contribution in [-0.2, 0) is 0 Å². The number of nitrogens with zero attached hydrogens (tertiary/aromatic N) is 1. The molecule has 2 aliphatic heterocycles. The summed E-state index contributed by atoms with van der Waals surface area (Å²) in [5, 5.41) is 20.0. The molecule has 53 heavy (non-hydrogen) atoms. The molecule has 3 heterocycles. The second kappa shape index (κ2) is 13.9. The van der Waals surface area contributed by atoms with Crippen molar-refractivity contribution in [2.75, 3.05) is 17.2 Å². The molecule has 0 aliphatic carbocycles. The largest absolute Gasteiger partial charge is 0.368 e. The zero-order valence-corrected chi connectivity index (χ0v) is 29.7. The highest BCUT2D eigenvalue weighted by Crippen LogP contribution is 2.41. The molecule has 5 heteroatoms. The summed E-state index contributed by atoms with van der Waals surface area (Å²) in [6, 6.07) is 47.7. The van der Waals surface area contributed by atoms with Gasteiger partial charge in [0.2, 0.25) is 0 Å². The van der Waals surface area contributed by atoms with Gasteiger partial charge >= 0.3 is 0 Å². The lowest BCUT2D eigenvalue weighted by Crippen LogP contribution is -2.47. The third-order valence-electron chi connectivity index (χ3n) is 10.4. The molecular weight excluding hydrogens is 647 g/mol. The van der Waals surface area contributed by atoms with Crippen LogP contribution in [0, 0.1) is 0 Å². The zero-order chi connectivity index (χ0) is 35.7. The maximum atomic E-state index is 4.55. The van der Waals surface area contributed by atoms with Crippen LogP contribution in [0.3, 0.4) is 0 Å². The summed E-state index contributed by atoms with van der Waals surface area (Å²) in [5.74, 6) is 0.934. The Kier molecular flexibility index (Phi) is 8.47. The Morgan fingerprint density at radius 3 is 2.36 bits per heavy atom. The van der Waals surface area contributed by atoms with Gasteiger partial charge in [0.25, 0.3) is 0 Å². The normalized spacial score (nSPS) is 17.1. The Balaban J connectivity index is 1.13. The van der Waals surface area contributed by atoms with Crippen LogP contribution in [0.25, 0.3) is 43.8 Å². The predicted octanol–water partition coefficient (Wildman–Crippen LogP) is 11.0. The molecule has 1 aromatic heterocycles. The van der Waals surface area contributed by atoms with Gasteiger partial charge < -0.3 is 20.5 Å². The quantitative estimate of drug-likeness (QED) is 0.120. The number of benzene rings is 6. The van der Waals surface area contributed by atoms with Crippen molar-refractivity contribution in [2.24, 2.45) is 0 Å². The minimum atomic E-state index is -0.0275. The van der Waals surface area contributed by atoms with E-state index in [9.17, 15) is 0 Å². The molecule has 0 spiro atoms. The molecule has 5 nitrogen and oxygen atoms in total. The highest BCUT2D eigenvalue weighted by atomic mass is 15.2. The monoisotopic (exact) mass is 687 g/mol. The second-order valence-electron chi connectivity index (χ2n) is 13.7. The van der Waals surface area contributed by atoms with Gasteiger partial charge in [-0.1, -0.05) is 134 Å². The fraction of sp³-hybridized carbons (Fsp3) is 0.0833. The van der Waals surface area contributed by atoms with E-state index in [1.165, 1.54) is 43.8 Å². The summed E-state index contributed by atoms with van der Waals surface area (Å²) < 4.78 is 2.38. The summed E-state index contributed by atoms with van der Waals surface area (Å²) in [7, 11) is 0. The summed E-state index contributed by atoms with van der Waals surface area (Å²) in [6.07, 6.45) is 12.6. The van der Waals surface area contributed by atoms with Crippen molar-refractivity contribution in [3.63, 3.8) is 0 Å². The number of fused-ring (bicyclic) bond motifs is 6. The predicted molar refractivity (Wildman–Crippen MR) is 224 cm³/mol. The molecule has 0 amide bonds. The maximum absolute atomic E-state index is 4.55. The van der Waals surface area contributed by atoms with Crippen LogP contribution < -0.4 is 21.3 Å². The Hall–Kier alpha value is -6.56. The van der Waals surface area contributed by atoms with Crippen molar-refractivity contribution in [1.29, 1.82) is 0 Å². The van der Waals surface area contributed by atoms with E-state index in [4.69, 9.17) is 0 Å². The fourth-order valence-electron chi connectivity index (χ4n) is 7.82. The SMILES string of the molecule is C=C(/C=C\C=C/C)c1cc2c3c4ccccc4ccc3n(-c3ccccc3)c2cc1NC1=CC=C(C2Nc3ccccc3C(c3ccccc3)N2)CN1. The lowest BCUT2D eigenvalue weighted by molar-refractivity contribution is 0.522. The first-order chi connectivity index (χ1) is 26.2. The van der Waals surface area contributed by atoms with Crippen molar-refractivity contribution < 1.29 is 0 Å². The number of hydrogen-bond acceptors (Lipinski definition) is 4. The molecular formula is C48H41N5. The number of dihydropyridines is 1. The Morgan fingerprint density at radius 1 is 0.774 bits per heavy atom. The number of nitrogens with one attached hydrogen (secondary N) is 4. The van der Waals surface area contributed by atoms with Gasteiger partial charge in [0.05, 0.1) is 17.1 Å². The van der Waals surface area contributed by atoms with Gasteiger partial charge in [0.15, 0.2) is 0 Å². The molecule has 6 aromatic carbocycles. The summed E-state index contributed by atoms with van der Waals surface area (Å²) >= 11 is 0. The first-order valence-electron chi connectivity index (χ1n) is 18.3. The molecule has 0 radical (unpaired) electrons. The molecule has 9 rings (SSSR count). The first-order valence-corrected chi connectivity index (χ1v) is 18.3. The molecule has 2 unspecified atom stereocenters. The van der Waals surface area contributed by atoms with Gasteiger partial charge in [-0.15, -0.1) is 0 Å². The Labute approximate surface area is 310 Å². The second-order valence-corrected chi connectivity index (χ2v) is 13.7. The van der Waals surface area contributed by atoms with E-state index in [1.807, 2.05) is 19.1 Å². The molecule has 2 aliphatic rings. The number of para-hydroxylation sites is 2. The Morgan fingerprint density at radius 2 is 1.55 bits per heavy atom. The van der Waals surface area contributed by atoms with E-state index in [0.29, 0.717) is 6.54 Å². The standard InChI is InChI=1S/C48H41N5/c1-3-4-7-16-32(2)39-29-40-44(53(36-20-10-6-11-21-36)43-27-25-33-17-12-13-22-37(33)46(40)43)30-42(39)50-45-28-26-35(31-49-45)48-51-41-24-15-14-23-38(41)47(52-48)34-18-8-5-9-19-34/h3-30,47-52H,2,31H2,1H3/b4-3-,16-7-. The van der Waals surface area contributed by atoms with E-state index >= 15 is 0 Å². The smallest absolute Gasteiger partial charge is 0.103 e. The molecule has 258 valence electrons. The third kappa shape index (κ3) is 6.01. The molecule has 7 aromatic rings. The molecule has 4 N–H and O–H groups in total. The van der Waals surface area contributed by atoms with Crippen molar-refractivity contribution in [3.05, 3.63) is 205 Å². The zero-order valence-electron chi connectivity index (χ0n) is 29.7. The van der Waals surface area contributed by atoms with E-state index in [2.05, 4.69) is 190 Å². The van der Waals surface area contributed by atoms with E-state index in [1.54, 1.807) is 0 Å². The van der Waals surface area contributed by atoms with Crippen molar-refractivity contribution in [1.82, 2.24) is 15.2 Å². The van der Waals surface area contributed by atoms with E-state index < -0.39 is 0 Å². The van der Waals surface area contributed by atoms with Crippen LogP contribution in [-0.4, -0.2) is 17.3 Å². The summed E-state index contributed by atoms with van der Waals surface area (Å²) in [4.78, 5) is 0. The van der Waals surface area contributed by atoms with Gasteiger partial charge in [-0.05, 0) is 82.4 Å². The topological polar surface area (TPSA) is 53.1 Å². The van der Waals surface area contributed by atoms with Crippen LogP contribution in [0.15, 0.2) is 188 Å². The molecule has 0 bridgehead atoms. The lowest BCUT2D eigenvalue weighted by atomic mass is 9.93. The molecule has 2 atom stereocenters. The summed E-state index contributed by atoms with van der Waals surface area (Å²) in [6.45, 7) is 7.26. The number of allylic oxidation sites excluding steroid dienone is 7. The van der Waals surface area contributed by atoms with Crippen LogP contribution in [0.5, 0.6) is 0 Å². The number of rotatable bonds is 8. The van der Waals surface area contributed by atoms with E-state index in [-0.39, 0.29) is 12.2 Å². The highest BCUT2D eigenvalue weighted by Gasteiger charge is 2.29. The highest BCUT2D eigenvalue weighted by molar-refractivity contribution is 6.22. The number of anilines is 2. The van der Waals surface area contributed by atoms with Crippen LogP contribution >= 0.6 is 0 Å². The first kappa shape index (κ1) is 32.4. The van der Waals surface area contributed by atoms with Gasteiger partial charge in [0, 0.05) is 39.9 Å². The van der Waals surface area contributed by atoms with E-state index in [0.717, 1.165) is 39.5 Å². The van der Waals surface area contributed by atoms with Gasteiger partial charge in [-0.25, -0.2) is 0 Å². The fourth-order valence-corrected chi connectivity index (χ4v) is 7.82. The van der Waals surface area contributed by atoms with Crippen molar-refractivity contribution in [2.45, 2.75) is 19.1 Å². The minimum Gasteiger partial charge on any atom is -0.368 e. The van der Waals surface area contributed by atoms with Crippen LogP contribution in [0.2, 0.25) is 0 Å². The van der Waals surface area contributed by atoms with Crippen LogP contribution in [0.4, 0.5) is 11.4 Å². The van der Waals surface area contributed by atoms with Crippen LogP contribution in [0.1, 0.15) is 29.7 Å². The third-order valence-corrected chi connectivity index (χ3v) is 10.4. The van der Waals surface area contributed by atoms with Gasteiger partial charge in [0.1, 0.15) is 12.0 Å². The van der Waals surface area contributed by atoms with Gasteiger partial charge in [-0.2, -0.15) is 0 Å². The molecule has 0 fully saturated rings. The minimum absolute atomic E-state index is 0.0275. The van der Waals surface area contributed by atoms with Crippen molar-refractivity contribution >= 4 is 49.5 Å². The van der Waals surface area contributed by atoms with Gasteiger partial charge in [-0.3, -0.25) is 5.32 Å². The Bertz CT molecular complexity index is 2620. The number of aromatic nitrogens is 1. The maximum Gasteiger partial charge on any atom is 0.103 e. The average Bonchev–Trinajstić information content (AvgIpc) is 3.54.